The fourth-order valence-corrected chi connectivity index (χ4v) is 3.33. The first-order valence-electron chi connectivity index (χ1n) is 8.17. The Hall–Kier alpha value is -1.65. The fourth-order valence-electron chi connectivity index (χ4n) is 3.33. The summed E-state index contributed by atoms with van der Waals surface area (Å²) in [5.74, 6) is 0.714. The maximum atomic E-state index is 5.79. The summed E-state index contributed by atoms with van der Waals surface area (Å²) >= 11 is 0. The SMILES string of the molecule is Cc1ccc(CN2CCC(CN)CC2)c(-c2ccnn2C)c1. The topological polar surface area (TPSA) is 47.1 Å². The van der Waals surface area contributed by atoms with Gasteiger partial charge in [0, 0.05) is 25.4 Å². The van der Waals surface area contributed by atoms with Gasteiger partial charge in [0.1, 0.15) is 0 Å². The van der Waals surface area contributed by atoms with Crippen LogP contribution in [0, 0.1) is 12.8 Å². The molecule has 0 radical (unpaired) electrons. The Balaban J connectivity index is 1.81. The lowest BCUT2D eigenvalue weighted by Gasteiger charge is -2.31. The predicted octanol–water partition coefficient (Wildman–Crippen LogP) is 2.57. The molecule has 0 aliphatic carbocycles. The van der Waals surface area contributed by atoms with E-state index in [1.165, 1.54) is 35.2 Å². The van der Waals surface area contributed by atoms with E-state index in [1.54, 1.807) is 0 Å². The number of likely N-dealkylation sites (tertiary alicyclic amines) is 1. The lowest BCUT2D eigenvalue weighted by molar-refractivity contribution is 0.180. The van der Waals surface area contributed by atoms with Gasteiger partial charge in [-0.1, -0.05) is 17.7 Å². The van der Waals surface area contributed by atoms with E-state index in [2.05, 4.69) is 41.2 Å². The minimum Gasteiger partial charge on any atom is -0.330 e. The molecule has 0 spiro atoms. The lowest BCUT2D eigenvalue weighted by atomic mass is 9.95. The summed E-state index contributed by atoms with van der Waals surface area (Å²) in [6, 6.07) is 8.85. The third kappa shape index (κ3) is 3.23. The van der Waals surface area contributed by atoms with E-state index in [9.17, 15) is 0 Å². The van der Waals surface area contributed by atoms with Crippen LogP contribution in [0.1, 0.15) is 24.0 Å². The fraction of sp³-hybridized carbons (Fsp3) is 0.500. The van der Waals surface area contributed by atoms with E-state index in [0.717, 1.165) is 26.2 Å². The molecule has 4 heteroatoms. The number of nitrogens with two attached hydrogens (primary N) is 1. The number of rotatable bonds is 4. The van der Waals surface area contributed by atoms with Crippen molar-refractivity contribution < 1.29 is 0 Å². The number of benzene rings is 1. The largest absolute Gasteiger partial charge is 0.330 e. The van der Waals surface area contributed by atoms with Crippen LogP contribution in [0.4, 0.5) is 0 Å². The molecule has 3 rings (SSSR count). The molecule has 0 unspecified atom stereocenters. The molecule has 118 valence electrons. The van der Waals surface area contributed by atoms with Crippen molar-refractivity contribution in [3.05, 3.63) is 41.6 Å². The summed E-state index contributed by atoms with van der Waals surface area (Å²) in [7, 11) is 2.01. The van der Waals surface area contributed by atoms with E-state index < -0.39 is 0 Å². The van der Waals surface area contributed by atoms with Crippen LogP contribution < -0.4 is 5.73 Å². The Kier molecular flexibility index (Phi) is 4.60. The van der Waals surface area contributed by atoms with Crippen molar-refractivity contribution >= 4 is 0 Å². The van der Waals surface area contributed by atoms with Gasteiger partial charge in [-0.25, -0.2) is 0 Å². The number of aryl methyl sites for hydroxylation is 2. The monoisotopic (exact) mass is 298 g/mol. The molecule has 1 aliphatic heterocycles. The van der Waals surface area contributed by atoms with Crippen LogP contribution in [0.25, 0.3) is 11.3 Å². The number of aromatic nitrogens is 2. The van der Waals surface area contributed by atoms with Crippen LogP contribution in [0.5, 0.6) is 0 Å². The summed E-state index contributed by atoms with van der Waals surface area (Å²) < 4.78 is 1.96. The Morgan fingerprint density at radius 1 is 1.23 bits per heavy atom. The highest BCUT2D eigenvalue weighted by Gasteiger charge is 2.19. The number of piperidine rings is 1. The molecule has 1 fully saturated rings. The maximum absolute atomic E-state index is 5.79. The molecule has 1 aromatic heterocycles. The quantitative estimate of drug-likeness (QED) is 0.943. The smallest absolute Gasteiger partial charge is 0.0682 e. The van der Waals surface area contributed by atoms with E-state index in [0.29, 0.717) is 5.92 Å². The van der Waals surface area contributed by atoms with Crippen molar-refractivity contribution in [2.75, 3.05) is 19.6 Å². The van der Waals surface area contributed by atoms with Crippen LogP contribution in [-0.2, 0) is 13.6 Å². The first kappa shape index (κ1) is 15.3. The molecule has 1 saturated heterocycles. The molecule has 0 amide bonds. The zero-order chi connectivity index (χ0) is 15.5. The normalized spacial score (nSPS) is 17.0. The second-order valence-corrected chi connectivity index (χ2v) is 6.46. The Labute approximate surface area is 132 Å². The van der Waals surface area contributed by atoms with Crippen molar-refractivity contribution in [1.82, 2.24) is 14.7 Å². The van der Waals surface area contributed by atoms with Crippen molar-refractivity contribution in [2.45, 2.75) is 26.3 Å². The van der Waals surface area contributed by atoms with Gasteiger partial charge in [-0.2, -0.15) is 5.10 Å². The lowest BCUT2D eigenvalue weighted by Crippen LogP contribution is -2.35. The Bertz CT molecular complexity index is 624. The van der Waals surface area contributed by atoms with Crippen molar-refractivity contribution in [3.8, 4) is 11.3 Å². The third-order valence-corrected chi connectivity index (χ3v) is 4.80. The second kappa shape index (κ2) is 6.63. The van der Waals surface area contributed by atoms with Crippen LogP contribution in [0.3, 0.4) is 0 Å². The minimum absolute atomic E-state index is 0.714. The molecule has 2 aromatic rings. The Morgan fingerprint density at radius 2 is 2.00 bits per heavy atom. The number of hydrogen-bond acceptors (Lipinski definition) is 3. The molecule has 22 heavy (non-hydrogen) atoms. The van der Waals surface area contributed by atoms with Gasteiger partial charge in [-0.15, -0.1) is 0 Å². The molecular formula is C18H26N4. The zero-order valence-corrected chi connectivity index (χ0v) is 13.6. The predicted molar refractivity (Wildman–Crippen MR) is 90.4 cm³/mol. The molecule has 0 bridgehead atoms. The van der Waals surface area contributed by atoms with Crippen molar-refractivity contribution in [2.24, 2.45) is 18.7 Å². The second-order valence-electron chi connectivity index (χ2n) is 6.46. The van der Waals surface area contributed by atoms with Gasteiger partial charge in [-0.3, -0.25) is 9.58 Å². The highest BCUT2D eigenvalue weighted by atomic mass is 15.3. The van der Waals surface area contributed by atoms with E-state index in [-0.39, 0.29) is 0 Å². The Morgan fingerprint density at radius 3 is 2.64 bits per heavy atom. The van der Waals surface area contributed by atoms with E-state index in [4.69, 9.17) is 5.73 Å². The zero-order valence-electron chi connectivity index (χ0n) is 13.6. The summed E-state index contributed by atoms with van der Waals surface area (Å²) in [4.78, 5) is 2.55. The maximum Gasteiger partial charge on any atom is 0.0682 e. The molecular weight excluding hydrogens is 272 g/mol. The molecule has 0 atom stereocenters. The van der Waals surface area contributed by atoms with Gasteiger partial charge in [0.2, 0.25) is 0 Å². The first-order chi connectivity index (χ1) is 10.7. The van der Waals surface area contributed by atoms with Crippen LogP contribution in [-0.4, -0.2) is 34.3 Å². The molecule has 2 N–H and O–H groups in total. The third-order valence-electron chi connectivity index (χ3n) is 4.80. The summed E-state index contributed by atoms with van der Waals surface area (Å²) in [6.45, 7) is 6.30. The van der Waals surface area contributed by atoms with Crippen molar-refractivity contribution in [1.29, 1.82) is 0 Å². The highest BCUT2D eigenvalue weighted by molar-refractivity contribution is 5.64. The van der Waals surface area contributed by atoms with Gasteiger partial charge >= 0.3 is 0 Å². The van der Waals surface area contributed by atoms with Crippen LogP contribution in [0.15, 0.2) is 30.5 Å². The average Bonchev–Trinajstić information content (AvgIpc) is 2.96. The van der Waals surface area contributed by atoms with Crippen LogP contribution in [0.2, 0.25) is 0 Å². The van der Waals surface area contributed by atoms with Gasteiger partial charge in [0.15, 0.2) is 0 Å². The average molecular weight is 298 g/mol. The summed E-state index contributed by atoms with van der Waals surface area (Å²) in [5.41, 5.74) is 11.0. The summed E-state index contributed by atoms with van der Waals surface area (Å²) in [5, 5.41) is 4.32. The number of nitrogens with zero attached hydrogens (tertiary/aromatic N) is 3. The summed E-state index contributed by atoms with van der Waals surface area (Å²) in [6.07, 6.45) is 4.32. The molecule has 4 nitrogen and oxygen atoms in total. The first-order valence-corrected chi connectivity index (χ1v) is 8.17. The van der Waals surface area contributed by atoms with E-state index in [1.807, 2.05) is 17.9 Å². The molecule has 2 heterocycles. The standard InChI is InChI=1S/C18H26N4/c1-14-3-4-16(13-22-9-6-15(12-19)7-10-22)17(11-14)18-5-8-20-21(18)2/h3-5,8,11,15H,6-7,9-10,12-13,19H2,1-2H3. The van der Waals surface area contributed by atoms with Crippen molar-refractivity contribution in [3.63, 3.8) is 0 Å². The minimum atomic E-state index is 0.714. The van der Waals surface area contributed by atoms with Crippen LogP contribution >= 0.6 is 0 Å². The highest BCUT2D eigenvalue weighted by Crippen LogP contribution is 2.27. The number of hydrogen-bond donors (Lipinski definition) is 1. The van der Waals surface area contributed by atoms with E-state index >= 15 is 0 Å². The van der Waals surface area contributed by atoms with Gasteiger partial charge in [-0.05, 0) is 63.0 Å². The van der Waals surface area contributed by atoms with Gasteiger partial charge in [0.05, 0.1) is 5.69 Å². The molecule has 1 aliphatic rings. The molecule has 0 saturated carbocycles. The van der Waals surface area contributed by atoms with Gasteiger partial charge < -0.3 is 5.73 Å². The van der Waals surface area contributed by atoms with Gasteiger partial charge in [0.25, 0.3) is 0 Å². The molecule has 1 aromatic carbocycles.